The highest BCUT2D eigenvalue weighted by atomic mass is 32.3. The lowest BCUT2D eigenvalue weighted by atomic mass is 9.83. The van der Waals surface area contributed by atoms with Crippen molar-refractivity contribution in [3.8, 4) is 0 Å². The number of carbonyl (C=O) groups excluding carboxylic acids is 1. The number of hydrogen-bond donors (Lipinski definition) is 6. The Morgan fingerprint density at radius 2 is 1.71 bits per heavy atom. The molecule has 0 heterocycles. The SMILES string of the molecule is Cc1ccc(C(O)(C(=O)OS(=O)(=O)O)C(O)C(O)C(O)CO)cc1. The molecule has 0 aromatic heterocycles. The second kappa shape index (κ2) is 7.53. The van der Waals surface area contributed by atoms with Crippen LogP contribution in [0.1, 0.15) is 11.1 Å². The number of aliphatic hydroxyl groups excluding tert-OH is 4. The van der Waals surface area contributed by atoms with E-state index in [0.29, 0.717) is 5.56 Å². The predicted molar refractivity (Wildman–Crippen MR) is 77.8 cm³/mol. The zero-order chi connectivity index (χ0) is 18.7. The Morgan fingerprint density at radius 3 is 2.12 bits per heavy atom. The van der Waals surface area contributed by atoms with Crippen molar-refractivity contribution in [2.24, 2.45) is 0 Å². The van der Waals surface area contributed by atoms with Gasteiger partial charge in [-0.3, -0.25) is 4.55 Å². The Balaban J connectivity index is 3.39. The van der Waals surface area contributed by atoms with E-state index in [1.807, 2.05) is 0 Å². The molecule has 136 valence electrons. The zero-order valence-corrected chi connectivity index (χ0v) is 13.3. The van der Waals surface area contributed by atoms with E-state index >= 15 is 0 Å². The maximum absolute atomic E-state index is 12.0. The lowest BCUT2D eigenvalue weighted by molar-refractivity contribution is -0.191. The Morgan fingerprint density at radius 1 is 1.21 bits per heavy atom. The summed E-state index contributed by atoms with van der Waals surface area (Å²) in [7, 11) is -5.32. The van der Waals surface area contributed by atoms with Crippen LogP contribution in [0.25, 0.3) is 0 Å². The minimum absolute atomic E-state index is 0.376. The first-order chi connectivity index (χ1) is 10.9. The fourth-order valence-electron chi connectivity index (χ4n) is 1.94. The van der Waals surface area contributed by atoms with Gasteiger partial charge in [-0.05, 0) is 12.5 Å². The van der Waals surface area contributed by atoms with Gasteiger partial charge in [0.25, 0.3) is 0 Å². The molecule has 6 N–H and O–H groups in total. The fraction of sp³-hybridized carbons (Fsp3) is 0.462. The molecule has 1 aromatic carbocycles. The van der Waals surface area contributed by atoms with Crippen molar-refractivity contribution in [3.05, 3.63) is 35.4 Å². The highest BCUT2D eigenvalue weighted by Crippen LogP contribution is 2.30. The summed E-state index contributed by atoms with van der Waals surface area (Å²) in [6.45, 7) is 0.648. The van der Waals surface area contributed by atoms with Gasteiger partial charge in [-0.15, -0.1) is 0 Å². The van der Waals surface area contributed by atoms with Crippen molar-refractivity contribution in [2.45, 2.75) is 30.8 Å². The fourth-order valence-corrected chi connectivity index (χ4v) is 2.26. The molecule has 0 bridgehead atoms. The van der Waals surface area contributed by atoms with Crippen LogP contribution in [0.2, 0.25) is 0 Å². The predicted octanol–water partition coefficient (Wildman–Crippen LogP) is -2.40. The third kappa shape index (κ3) is 4.48. The smallest absolute Gasteiger partial charge is 0.394 e. The van der Waals surface area contributed by atoms with Crippen LogP contribution >= 0.6 is 0 Å². The molecule has 10 nitrogen and oxygen atoms in total. The van der Waals surface area contributed by atoms with E-state index in [-0.39, 0.29) is 5.56 Å². The number of rotatable bonds is 7. The lowest BCUT2D eigenvalue weighted by Crippen LogP contribution is -2.56. The maximum atomic E-state index is 12.0. The van der Waals surface area contributed by atoms with Gasteiger partial charge in [-0.25, -0.2) is 4.79 Å². The van der Waals surface area contributed by atoms with Gasteiger partial charge in [0.15, 0.2) is 0 Å². The molecule has 0 aliphatic carbocycles. The van der Waals surface area contributed by atoms with Crippen LogP contribution in [0.3, 0.4) is 0 Å². The molecule has 24 heavy (non-hydrogen) atoms. The summed E-state index contributed by atoms with van der Waals surface area (Å²) in [4.78, 5) is 12.0. The molecule has 0 aliphatic rings. The minimum atomic E-state index is -5.32. The third-order valence-corrected chi connectivity index (χ3v) is 3.68. The molecule has 1 aromatic rings. The highest BCUT2D eigenvalue weighted by molar-refractivity contribution is 7.81. The van der Waals surface area contributed by atoms with E-state index in [2.05, 4.69) is 4.18 Å². The van der Waals surface area contributed by atoms with Crippen molar-refractivity contribution in [2.75, 3.05) is 6.61 Å². The van der Waals surface area contributed by atoms with E-state index in [9.17, 15) is 33.6 Å². The van der Waals surface area contributed by atoms with Crippen LogP contribution in [0.5, 0.6) is 0 Å². The van der Waals surface area contributed by atoms with Crippen LogP contribution in [0, 0.1) is 6.92 Å². The van der Waals surface area contributed by atoms with Crippen molar-refractivity contribution in [1.82, 2.24) is 0 Å². The highest BCUT2D eigenvalue weighted by Gasteiger charge is 2.52. The normalized spacial score (nSPS) is 18.3. The van der Waals surface area contributed by atoms with Gasteiger partial charge in [-0.1, -0.05) is 29.8 Å². The number of aryl methyl sites for hydroxylation is 1. The van der Waals surface area contributed by atoms with Crippen LogP contribution < -0.4 is 0 Å². The molecule has 0 fully saturated rings. The summed E-state index contributed by atoms with van der Waals surface area (Å²) in [6, 6.07) is 5.09. The van der Waals surface area contributed by atoms with Gasteiger partial charge in [0.05, 0.1) is 6.61 Å². The number of benzene rings is 1. The molecule has 0 spiro atoms. The van der Waals surface area contributed by atoms with E-state index in [1.54, 1.807) is 6.92 Å². The molecule has 0 amide bonds. The molecule has 1 rings (SSSR count). The molecular formula is C13H18O10S. The van der Waals surface area contributed by atoms with Crippen molar-refractivity contribution >= 4 is 16.4 Å². The first-order valence-corrected chi connectivity index (χ1v) is 7.96. The van der Waals surface area contributed by atoms with Gasteiger partial charge in [-0.2, -0.15) is 8.42 Å². The average Bonchev–Trinajstić information content (AvgIpc) is 2.50. The van der Waals surface area contributed by atoms with Crippen LogP contribution in [0.15, 0.2) is 24.3 Å². The van der Waals surface area contributed by atoms with Gasteiger partial charge < -0.3 is 29.7 Å². The van der Waals surface area contributed by atoms with Crippen LogP contribution in [0.4, 0.5) is 0 Å². The van der Waals surface area contributed by atoms with E-state index in [0.717, 1.165) is 12.1 Å². The van der Waals surface area contributed by atoms with Crippen LogP contribution in [-0.4, -0.2) is 69.4 Å². The van der Waals surface area contributed by atoms with Gasteiger partial charge >= 0.3 is 16.4 Å². The minimum Gasteiger partial charge on any atom is -0.394 e. The summed E-state index contributed by atoms with van der Waals surface area (Å²) >= 11 is 0. The molecule has 4 atom stereocenters. The molecule has 0 radical (unpaired) electrons. The van der Waals surface area contributed by atoms with Crippen molar-refractivity contribution in [3.63, 3.8) is 0 Å². The summed E-state index contributed by atoms with van der Waals surface area (Å²) in [6.07, 6.45) is -6.68. The van der Waals surface area contributed by atoms with E-state index < -0.39 is 46.9 Å². The van der Waals surface area contributed by atoms with E-state index in [4.69, 9.17) is 9.66 Å². The summed E-state index contributed by atoms with van der Waals surface area (Å²) in [5.41, 5.74) is -2.84. The summed E-state index contributed by atoms with van der Waals surface area (Å²) in [5.74, 6) is -2.01. The summed E-state index contributed by atoms with van der Waals surface area (Å²) < 4.78 is 33.7. The Hall–Kier alpha value is -1.60. The first-order valence-electron chi connectivity index (χ1n) is 6.59. The topological polar surface area (TPSA) is 182 Å². The number of aliphatic hydroxyl groups is 5. The van der Waals surface area contributed by atoms with Crippen LogP contribution in [-0.2, 0) is 25.0 Å². The van der Waals surface area contributed by atoms with Crippen molar-refractivity contribution < 1.29 is 47.5 Å². The quantitative estimate of drug-likeness (QED) is 0.285. The Bertz CT molecular complexity index is 670. The molecule has 4 unspecified atom stereocenters. The average molecular weight is 366 g/mol. The standard InChI is InChI=1S/C13H18O10S/c1-7-2-4-8(5-3-7)13(19,12(18)23-24(20,21)22)11(17)10(16)9(15)6-14/h2-5,9-11,14-17,19H,6H2,1H3,(H,20,21,22). The monoisotopic (exact) mass is 366 g/mol. The largest absolute Gasteiger partial charge is 0.449 e. The van der Waals surface area contributed by atoms with Gasteiger partial charge in [0.1, 0.15) is 18.3 Å². The third-order valence-electron chi connectivity index (χ3n) is 3.32. The second-order valence-corrected chi connectivity index (χ2v) is 6.14. The molecular weight excluding hydrogens is 348 g/mol. The molecule has 0 saturated carbocycles. The first kappa shape index (κ1) is 20.4. The molecule has 0 aliphatic heterocycles. The second-order valence-electron chi connectivity index (χ2n) is 5.12. The molecule has 11 heteroatoms. The zero-order valence-electron chi connectivity index (χ0n) is 12.5. The summed E-state index contributed by atoms with van der Waals surface area (Å²) in [5, 5.41) is 48.5. The van der Waals surface area contributed by atoms with E-state index in [1.165, 1.54) is 12.1 Å². The number of carbonyl (C=O) groups is 1. The lowest BCUT2D eigenvalue weighted by Gasteiger charge is -2.34. The van der Waals surface area contributed by atoms with Gasteiger partial charge in [0, 0.05) is 0 Å². The van der Waals surface area contributed by atoms with Gasteiger partial charge in [0.2, 0.25) is 5.60 Å². The Kier molecular flexibility index (Phi) is 6.41. The van der Waals surface area contributed by atoms with Crippen molar-refractivity contribution in [1.29, 1.82) is 0 Å². The number of hydrogen-bond acceptors (Lipinski definition) is 9. The molecule has 0 saturated heterocycles. The Labute approximate surface area is 137 Å². The maximum Gasteiger partial charge on any atom is 0.449 e.